The van der Waals surface area contributed by atoms with Crippen molar-refractivity contribution in [2.24, 2.45) is 0 Å². The van der Waals surface area contributed by atoms with E-state index in [1.165, 1.54) is 0 Å². The van der Waals surface area contributed by atoms with Crippen LogP contribution in [0.3, 0.4) is 0 Å². The molecule has 0 N–H and O–H groups in total. The van der Waals surface area contributed by atoms with Crippen LogP contribution in [0.4, 0.5) is 0 Å². The second-order valence-electron chi connectivity index (χ2n) is 2.30. The fraction of sp³-hybridized carbons (Fsp3) is 0.500. The Labute approximate surface area is 90.8 Å². The minimum Gasteiger partial charge on any atom is -0.468 e. The Balaban J connectivity index is 2.39. The summed E-state index contributed by atoms with van der Waals surface area (Å²) in [7, 11) is 0. The van der Waals surface area contributed by atoms with Gasteiger partial charge in [-0.2, -0.15) is 4.98 Å². The van der Waals surface area contributed by atoms with Gasteiger partial charge in [-0.05, 0) is 6.92 Å². The van der Waals surface area contributed by atoms with Crippen LogP contribution in [0.15, 0.2) is 0 Å². The number of hydrogen-bond acceptors (Lipinski definition) is 5. The molecule has 6 heteroatoms. The van der Waals surface area contributed by atoms with Crippen LogP contribution in [0.5, 0.6) is 5.19 Å². The summed E-state index contributed by atoms with van der Waals surface area (Å²) in [5.41, 5.74) is 0. The maximum atomic E-state index is 10.4. The van der Waals surface area contributed by atoms with Crippen molar-refractivity contribution in [3.63, 3.8) is 0 Å². The van der Waals surface area contributed by atoms with Crippen molar-refractivity contribution < 1.29 is 14.3 Å². The molecule has 0 spiro atoms. The second-order valence-corrected chi connectivity index (χ2v) is 3.65. The third-order valence-corrected chi connectivity index (χ3v) is 2.65. The summed E-state index contributed by atoms with van der Waals surface area (Å²) in [6, 6.07) is 0. The van der Waals surface area contributed by atoms with Gasteiger partial charge in [0.15, 0.2) is 11.4 Å². The van der Waals surface area contributed by atoms with Gasteiger partial charge in [-0.15, -0.1) is 0 Å². The number of ether oxygens (including phenoxy) is 2. The number of nitrogens with zero attached hydrogens (tertiary/aromatic N) is 1. The van der Waals surface area contributed by atoms with Gasteiger partial charge in [0.25, 0.3) is 5.19 Å². The SMILES string of the molecule is CCOCCOc1nc(Cl)c(C=O)s1. The molecule has 0 saturated carbocycles. The summed E-state index contributed by atoms with van der Waals surface area (Å²) in [6.07, 6.45) is 0.662. The number of thiazole rings is 1. The predicted molar refractivity (Wildman–Crippen MR) is 54.5 cm³/mol. The molecule has 1 heterocycles. The predicted octanol–water partition coefficient (Wildman–Crippen LogP) is 2.02. The van der Waals surface area contributed by atoms with Gasteiger partial charge in [-0.1, -0.05) is 22.9 Å². The van der Waals surface area contributed by atoms with Crippen molar-refractivity contribution >= 4 is 29.2 Å². The summed E-state index contributed by atoms with van der Waals surface area (Å²) in [5.74, 6) is 0. The van der Waals surface area contributed by atoms with Gasteiger partial charge in [0, 0.05) is 6.61 Å². The lowest BCUT2D eigenvalue weighted by molar-refractivity contribution is 0.110. The zero-order valence-electron chi connectivity index (χ0n) is 7.66. The van der Waals surface area contributed by atoms with E-state index in [1.54, 1.807) is 0 Å². The molecule has 1 aromatic heterocycles. The summed E-state index contributed by atoms with van der Waals surface area (Å²) < 4.78 is 10.3. The van der Waals surface area contributed by atoms with Crippen molar-refractivity contribution in [2.75, 3.05) is 19.8 Å². The number of carbonyl (C=O) groups is 1. The van der Waals surface area contributed by atoms with E-state index in [-0.39, 0.29) is 5.15 Å². The van der Waals surface area contributed by atoms with Crippen LogP contribution in [0.1, 0.15) is 16.6 Å². The van der Waals surface area contributed by atoms with E-state index in [2.05, 4.69) is 4.98 Å². The van der Waals surface area contributed by atoms with Crippen molar-refractivity contribution in [3.8, 4) is 5.19 Å². The summed E-state index contributed by atoms with van der Waals surface area (Å²) in [6.45, 7) is 3.48. The van der Waals surface area contributed by atoms with Gasteiger partial charge in [0.1, 0.15) is 11.5 Å². The van der Waals surface area contributed by atoms with Gasteiger partial charge in [0.05, 0.1) is 6.61 Å². The number of carbonyl (C=O) groups excluding carboxylic acids is 1. The minimum absolute atomic E-state index is 0.191. The molecular formula is C8H10ClNO3S. The fourth-order valence-electron chi connectivity index (χ4n) is 0.761. The van der Waals surface area contributed by atoms with Crippen LogP contribution >= 0.6 is 22.9 Å². The molecule has 0 aliphatic heterocycles. The van der Waals surface area contributed by atoms with Crippen LogP contribution in [0.25, 0.3) is 0 Å². The molecule has 0 saturated heterocycles. The second kappa shape index (κ2) is 5.95. The average Bonchev–Trinajstić information content (AvgIpc) is 2.54. The lowest BCUT2D eigenvalue weighted by atomic mass is 10.6. The molecule has 0 fully saturated rings. The lowest BCUT2D eigenvalue weighted by Gasteiger charge is -2.00. The van der Waals surface area contributed by atoms with E-state index in [0.717, 1.165) is 11.3 Å². The molecule has 14 heavy (non-hydrogen) atoms. The van der Waals surface area contributed by atoms with Gasteiger partial charge in [0.2, 0.25) is 0 Å². The van der Waals surface area contributed by atoms with E-state index in [0.29, 0.717) is 36.2 Å². The molecule has 1 aromatic rings. The fourth-order valence-corrected chi connectivity index (χ4v) is 1.69. The number of hydrogen-bond donors (Lipinski definition) is 0. The monoisotopic (exact) mass is 235 g/mol. The first kappa shape index (κ1) is 11.4. The van der Waals surface area contributed by atoms with E-state index in [9.17, 15) is 4.79 Å². The Morgan fingerprint density at radius 2 is 2.36 bits per heavy atom. The van der Waals surface area contributed by atoms with Gasteiger partial charge in [-0.25, -0.2) is 0 Å². The van der Waals surface area contributed by atoms with Crippen molar-refractivity contribution in [2.45, 2.75) is 6.92 Å². The first-order valence-corrected chi connectivity index (χ1v) is 5.29. The largest absolute Gasteiger partial charge is 0.468 e. The highest BCUT2D eigenvalue weighted by Gasteiger charge is 2.08. The van der Waals surface area contributed by atoms with Gasteiger partial charge in [-0.3, -0.25) is 4.79 Å². The Bertz CT molecular complexity index is 303. The van der Waals surface area contributed by atoms with E-state index in [4.69, 9.17) is 21.1 Å². The van der Waals surface area contributed by atoms with E-state index < -0.39 is 0 Å². The van der Waals surface area contributed by atoms with Crippen LogP contribution in [0.2, 0.25) is 5.15 Å². The van der Waals surface area contributed by atoms with Gasteiger partial charge >= 0.3 is 0 Å². The molecular weight excluding hydrogens is 226 g/mol. The molecule has 0 amide bonds. The molecule has 0 unspecified atom stereocenters. The highest BCUT2D eigenvalue weighted by atomic mass is 35.5. The van der Waals surface area contributed by atoms with E-state index >= 15 is 0 Å². The summed E-state index contributed by atoms with van der Waals surface area (Å²) in [4.78, 5) is 14.7. The Morgan fingerprint density at radius 1 is 1.57 bits per heavy atom. The minimum atomic E-state index is 0.191. The number of halogens is 1. The molecule has 0 aliphatic carbocycles. The maximum Gasteiger partial charge on any atom is 0.275 e. The van der Waals surface area contributed by atoms with Gasteiger partial charge < -0.3 is 9.47 Å². The Morgan fingerprint density at radius 3 is 2.93 bits per heavy atom. The molecule has 0 radical (unpaired) electrons. The first-order valence-electron chi connectivity index (χ1n) is 4.10. The van der Waals surface area contributed by atoms with E-state index in [1.807, 2.05) is 6.92 Å². The number of aldehydes is 1. The van der Waals surface area contributed by atoms with Crippen LogP contribution < -0.4 is 4.74 Å². The smallest absolute Gasteiger partial charge is 0.275 e. The quantitative estimate of drug-likeness (QED) is 0.559. The molecule has 0 aromatic carbocycles. The summed E-state index contributed by atoms with van der Waals surface area (Å²) in [5, 5.41) is 0.591. The average molecular weight is 236 g/mol. The van der Waals surface area contributed by atoms with Crippen LogP contribution in [0, 0.1) is 0 Å². The zero-order valence-corrected chi connectivity index (χ0v) is 9.23. The first-order chi connectivity index (χ1) is 6.77. The Kier molecular flexibility index (Phi) is 4.86. The molecule has 4 nitrogen and oxygen atoms in total. The number of rotatable bonds is 6. The third kappa shape index (κ3) is 3.25. The third-order valence-electron chi connectivity index (χ3n) is 1.35. The maximum absolute atomic E-state index is 10.4. The number of aromatic nitrogens is 1. The topological polar surface area (TPSA) is 48.4 Å². The van der Waals surface area contributed by atoms with Crippen LogP contribution in [-0.4, -0.2) is 31.1 Å². The van der Waals surface area contributed by atoms with Crippen molar-refractivity contribution in [3.05, 3.63) is 10.0 Å². The highest BCUT2D eigenvalue weighted by Crippen LogP contribution is 2.26. The zero-order chi connectivity index (χ0) is 10.4. The molecule has 0 aliphatic rings. The van der Waals surface area contributed by atoms with Crippen molar-refractivity contribution in [1.29, 1.82) is 0 Å². The Hall–Kier alpha value is -0.650. The highest BCUT2D eigenvalue weighted by molar-refractivity contribution is 7.15. The standard InChI is InChI=1S/C8H10ClNO3S/c1-2-12-3-4-13-8-10-7(9)6(5-11)14-8/h5H,2-4H2,1H3. The molecule has 0 atom stereocenters. The normalized spacial score (nSPS) is 10.1. The van der Waals surface area contributed by atoms with Crippen LogP contribution in [-0.2, 0) is 4.74 Å². The molecule has 0 bridgehead atoms. The van der Waals surface area contributed by atoms with Crippen molar-refractivity contribution in [1.82, 2.24) is 4.98 Å². The lowest BCUT2D eigenvalue weighted by Crippen LogP contribution is -2.05. The molecule has 78 valence electrons. The summed E-state index contributed by atoms with van der Waals surface area (Å²) >= 11 is 6.77. The molecule has 1 rings (SSSR count).